The fourth-order valence-electron chi connectivity index (χ4n) is 1.59. The predicted molar refractivity (Wildman–Crippen MR) is 71.3 cm³/mol. The summed E-state index contributed by atoms with van der Waals surface area (Å²) in [7, 11) is 1.55. The molecule has 0 bridgehead atoms. The lowest BCUT2D eigenvalue weighted by atomic mass is 10.1. The average molecular weight is 249 g/mol. The lowest BCUT2D eigenvalue weighted by Crippen LogP contribution is -2.36. The van der Waals surface area contributed by atoms with Crippen molar-refractivity contribution >= 4 is 17.5 Å². The molecule has 0 unspecified atom stereocenters. The van der Waals surface area contributed by atoms with Crippen molar-refractivity contribution in [2.24, 2.45) is 5.73 Å². The number of benzene rings is 1. The molecule has 5 heteroatoms. The molecule has 1 aromatic rings. The number of hydrogen-bond acceptors (Lipinski definition) is 3. The lowest BCUT2D eigenvalue weighted by molar-refractivity contribution is -0.117. The molecule has 1 atom stereocenters. The molecule has 18 heavy (non-hydrogen) atoms. The SMILES string of the molecule is CCC[C@H](N)C(=O)Nc1ccccc1C(=O)NC. The Morgan fingerprint density at radius 1 is 1.33 bits per heavy atom. The van der Waals surface area contributed by atoms with Gasteiger partial charge in [0.05, 0.1) is 17.3 Å². The summed E-state index contributed by atoms with van der Waals surface area (Å²) in [6.07, 6.45) is 1.46. The third-order valence-corrected chi connectivity index (χ3v) is 2.59. The van der Waals surface area contributed by atoms with Crippen LogP contribution in [0, 0.1) is 0 Å². The number of carbonyl (C=O) groups excluding carboxylic acids is 2. The third kappa shape index (κ3) is 3.56. The van der Waals surface area contributed by atoms with Crippen LogP contribution in [0.5, 0.6) is 0 Å². The Bertz CT molecular complexity index is 432. The van der Waals surface area contributed by atoms with Crippen LogP contribution in [0.2, 0.25) is 0 Å². The van der Waals surface area contributed by atoms with Gasteiger partial charge in [0.1, 0.15) is 0 Å². The summed E-state index contributed by atoms with van der Waals surface area (Å²) >= 11 is 0. The van der Waals surface area contributed by atoms with Crippen LogP contribution in [0.15, 0.2) is 24.3 Å². The van der Waals surface area contributed by atoms with Gasteiger partial charge in [-0.3, -0.25) is 9.59 Å². The highest BCUT2D eigenvalue weighted by atomic mass is 16.2. The largest absolute Gasteiger partial charge is 0.355 e. The van der Waals surface area contributed by atoms with Crippen LogP contribution in [-0.4, -0.2) is 24.9 Å². The standard InChI is InChI=1S/C13H19N3O2/c1-3-6-10(14)13(18)16-11-8-5-4-7-9(11)12(17)15-2/h4-5,7-8,10H,3,6,14H2,1-2H3,(H,15,17)(H,16,18)/t10-/m0/s1. The Hall–Kier alpha value is -1.88. The molecule has 0 saturated heterocycles. The number of carbonyl (C=O) groups is 2. The third-order valence-electron chi connectivity index (χ3n) is 2.59. The summed E-state index contributed by atoms with van der Waals surface area (Å²) in [6, 6.07) is 6.29. The number of rotatable bonds is 5. The highest BCUT2D eigenvalue weighted by molar-refractivity contribution is 6.04. The summed E-state index contributed by atoms with van der Waals surface area (Å²) < 4.78 is 0. The molecule has 0 spiro atoms. The Labute approximate surface area is 107 Å². The molecule has 4 N–H and O–H groups in total. The van der Waals surface area contributed by atoms with E-state index in [4.69, 9.17) is 5.73 Å². The van der Waals surface area contributed by atoms with Crippen molar-refractivity contribution in [1.29, 1.82) is 0 Å². The van der Waals surface area contributed by atoms with E-state index in [2.05, 4.69) is 10.6 Å². The number of anilines is 1. The molecular weight excluding hydrogens is 230 g/mol. The molecular formula is C13H19N3O2. The number of hydrogen-bond donors (Lipinski definition) is 3. The highest BCUT2D eigenvalue weighted by Gasteiger charge is 2.15. The summed E-state index contributed by atoms with van der Waals surface area (Å²) in [6.45, 7) is 1.96. The molecule has 0 radical (unpaired) electrons. The molecule has 0 aromatic heterocycles. The minimum Gasteiger partial charge on any atom is -0.355 e. The average Bonchev–Trinajstić information content (AvgIpc) is 2.38. The summed E-state index contributed by atoms with van der Waals surface area (Å²) in [4.78, 5) is 23.4. The first-order chi connectivity index (χ1) is 8.60. The van der Waals surface area contributed by atoms with Crippen LogP contribution in [0.1, 0.15) is 30.1 Å². The molecule has 2 amide bonds. The van der Waals surface area contributed by atoms with Gasteiger partial charge in [0.2, 0.25) is 5.91 Å². The van der Waals surface area contributed by atoms with Gasteiger partial charge < -0.3 is 16.4 Å². The highest BCUT2D eigenvalue weighted by Crippen LogP contribution is 2.15. The van der Waals surface area contributed by atoms with Crippen LogP contribution in [0.25, 0.3) is 0 Å². The second-order valence-corrected chi connectivity index (χ2v) is 4.01. The Morgan fingerprint density at radius 3 is 2.61 bits per heavy atom. The summed E-state index contributed by atoms with van der Waals surface area (Å²) in [5.74, 6) is -0.511. The van der Waals surface area contributed by atoms with Crippen LogP contribution < -0.4 is 16.4 Å². The minimum atomic E-state index is -0.548. The zero-order valence-corrected chi connectivity index (χ0v) is 10.7. The van der Waals surface area contributed by atoms with Gasteiger partial charge in [0, 0.05) is 7.05 Å². The van der Waals surface area contributed by atoms with E-state index in [9.17, 15) is 9.59 Å². The number of nitrogens with one attached hydrogen (secondary N) is 2. The van der Waals surface area contributed by atoms with Crippen molar-refractivity contribution in [3.8, 4) is 0 Å². The zero-order chi connectivity index (χ0) is 13.5. The smallest absolute Gasteiger partial charge is 0.253 e. The second-order valence-electron chi connectivity index (χ2n) is 4.01. The fraction of sp³-hybridized carbons (Fsp3) is 0.385. The van der Waals surface area contributed by atoms with Crippen molar-refractivity contribution in [3.05, 3.63) is 29.8 Å². The second kappa shape index (κ2) is 6.76. The first kappa shape index (κ1) is 14.2. The van der Waals surface area contributed by atoms with E-state index in [0.717, 1.165) is 6.42 Å². The molecule has 0 aliphatic heterocycles. The lowest BCUT2D eigenvalue weighted by Gasteiger charge is -2.13. The van der Waals surface area contributed by atoms with Crippen LogP contribution in [0.3, 0.4) is 0 Å². The van der Waals surface area contributed by atoms with Gasteiger partial charge in [0.25, 0.3) is 5.91 Å². The van der Waals surface area contributed by atoms with Crippen LogP contribution in [-0.2, 0) is 4.79 Å². The topological polar surface area (TPSA) is 84.2 Å². The quantitative estimate of drug-likeness (QED) is 0.731. The van der Waals surface area contributed by atoms with Gasteiger partial charge in [0.15, 0.2) is 0 Å². The fourth-order valence-corrected chi connectivity index (χ4v) is 1.59. The van der Waals surface area contributed by atoms with Crippen molar-refractivity contribution in [1.82, 2.24) is 5.32 Å². The molecule has 98 valence electrons. The van der Waals surface area contributed by atoms with Gasteiger partial charge in [-0.2, -0.15) is 0 Å². The van der Waals surface area contributed by atoms with E-state index in [0.29, 0.717) is 17.7 Å². The summed E-state index contributed by atoms with van der Waals surface area (Å²) in [5, 5.41) is 5.21. The molecule has 1 aromatic carbocycles. The summed E-state index contributed by atoms with van der Waals surface area (Å²) in [5.41, 5.74) is 6.63. The number of nitrogens with two attached hydrogens (primary N) is 1. The van der Waals surface area contributed by atoms with E-state index in [-0.39, 0.29) is 11.8 Å². The number of amides is 2. The monoisotopic (exact) mass is 249 g/mol. The minimum absolute atomic E-state index is 0.241. The Morgan fingerprint density at radius 2 is 2.00 bits per heavy atom. The maximum atomic E-state index is 11.8. The van der Waals surface area contributed by atoms with Gasteiger partial charge in [-0.05, 0) is 18.6 Å². The van der Waals surface area contributed by atoms with Crippen molar-refractivity contribution in [2.75, 3.05) is 12.4 Å². The first-order valence-electron chi connectivity index (χ1n) is 5.97. The Balaban J connectivity index is 2.84. The Kier molecular flexibility index (Phi) is 5.32. The van der Waals surface area contributed by atoms with Gasteiger partial charge >= 0.3 is 0 Å². The molecule has 0 aliphatic rings. The van der Waals surface area contributed by atoms with E-state index < -0.39 is 6.04 Å². The predicted octanol–water partition coefficient (Wildman–Crippen LogP) is 1.11. The van der Waals surface area contributed by atoms with Crippen LogP contribution >= 0.6 is 0 Å². The number of para-hydroxylation sites is 1. The van der Waals surface area contributed by atoms with E-state index >= 15 is 0 Å². The molecule has 0 fully saturated rings. The van der Waals surface area contributed by atoms with Crippen LogP contribution in [0.4, 0.5) is 5.69 Å². The maximum absolute atomic E-state index is 11.8. The first-order valence-corrected chi connectivity index (χ1v) is 5.97. The molecule has 0 saturated carbocycles. The van der Waals surface area contributed by atoms with Crippen molar-refractivity contribution in [3.63, 3.8) is 0 Å². The van der Waals surface area contributed by atoms with Gasteiger partial charge in [-0.25, -0.2) is 0 Å². The van der Waals surface area contributed by atoms with Crippen molar-refractivity contribution < 1.29 is 9.59 Å². The van der Waals surface area contributed by atoms with Crippen molar-refractivity contribution in [2.45, 2.75) is 25.8 Å². The van der Waals surface area contributed by atoms with Gasteiger partial charge in [-0.1, -0.05) is 25.5 Å². The molecule has 0 heterocycles. The maximum Gasteiger partial charge on any atom is 0.253 e. The molecule has 5 nitrogen and oxygen atoms in total. The molecule has 0 aliphatic carbocycles. The van der Waals surface area contributed by atoms with E-state index in [1.165, 1.54) is 0 Å². The zero-order valence-electron chi connectivity index (χ0n) is 10.7. The van der Waals surface area contributed by atoms with E-state index in [1.807, 2.05) is 6.92 Å². The van der Waals surface area contributed by atoms with Gasteiger partial charge in [-0.15, -0.1) is 0 Å². The van der Waals surface area contributed by atoms with E-state index in [1.54, 1.807) is 31.3 Å². The normalized spacial score (nSPS) is 11.7. The molecule has 1 rings (SSSR count).